The maximum atomic E-state index is 13.2. The third-order valence-corrected chi connectivity index (χ3v) is 6.32. The van der Waals surface area contributed by atoms with E-state index in [2.05, 4.69) is 56.9 Å². The summed E-state index contributed by atoms with van der Waals surface area (Å²) in [6.07, 6.45) is 2.72. The number of hydrogen-bond donors (Lipinski definition) is 0. The summed E-state index contributed by atoms with van der Waals surface area (Å²) in [5.41, 5.74) is 12.0. The lowest BCUT2D eigenvalue weighted by molar-refractivity contribution is 0.0750. The lowest BCUT2D eigenvalue weighted by Gasteiger charge is -2.19. The fourth-order valence-electron chi connectivity index (χ4n) is 4.64. The predicted molar refractivity (Wildman–Crippen MR) is 118 cm³/mol. The Kier molecular flexibility index (Phi) is 4.99. The van der Waals surface area contributed by atoms with E-state index >= 15 is 0 Å². The molecule has 1 aromatic heterocycles. The molecular formula is C26H28N2O. The molecule has 0 saturated carbocycles. The third kappa shape index (κ3) is 3.25. The Labute approximate surface area is 173 Å². The van der Waals surface area contributed by atoms with Crippen molar-refractivity contribution in [3.63, 3.8) is 0 Å². The summed E-state index contributed by atoms with van der Waals surface area (Å²) in [5, 5.41) is 0. The number of pyridine rings is 1. The van der Waals surface area contributed by atoms with Gasteiger partial charge in [0.1, 0.15) is 0 Å². The highest BCUT2D eigenvalue weighted by molar-refractivity contribution is 5.95. The molecule has 1 aliphatic rings. The smallest absolute Gasteiger partial charge is 0.256 e. The molecule has 0 atom stereocenters. The number of nitrogens with zero attached hydrogens (tertiary/aromatic N) is 2. The largest absolute Gasteiger partial charge is 0.330 e. The van der Waals surface area contributed by atoms with Crippen LogP contribution < -0.4 is 0 Å². The number of fused-ring (bicyclic) bond motifs is 1. The van der Waals surface area contributed by atoms with Crippen LogP contribution in [0.25, 0.3) is 11.1 Å². The zero-order chi connectivity index (χ0) is 20.7. The molecule has 4 rings (SSSR count). The fourth-order valence-corrected chi connectivity index (χ4v) is 4.64. The number of carbonyl (C=O) groups is 1. The monoisotopic (exact) mass is 384 g/mol. The summed E-state index contributed by atoms with van der Waals surface area (Å²) >= 11 is 0. The van der Waals surface area contributed by atoms with Gasteiger partial charge in [-0.05, 0) is 85.2 Å². The van der Waals surface area contributed by atoms with Gasteiger partial charge in [-0.15, -0.1) is 0 Å². The van der Waals surface area contributed by atoms with Gasteiger partial charge in [0.05, 0.1) is 5.56 Å². The number of benzene rings is 2. The van der Waals surface area contributed by atoms with Crippen LogP contribution in [0.5, 0.6) is 0 Å². The van der Waals surface area contributed by atoms with Crippen LogP contribution in [0.3, 0.4) is 0 Å². The standard InChI is InChI=1S/C26H28N2O/c1-6-21-17(3)23-14-28(26(29)22-8-7-13-27-19(22)5)15-24(23)18(4)25(21)20-11-9-16(2)10-12-20/h7-13H,6,14-15H2,1-5H3. The SMILES string of the molecule is CCc1c(C)c2c(c(C)c1-c1ccc(C)cc1)CN(C(=O)c1cccnc1C)C2. The van der Waals surface area contributed by atoms with Gasteiger partial charge in [0.15, 0.2) is 0 Å². The molecule has 3 aromatic rings. The van der Waals surface area contributed by atoms with Gasteiger partial charge < -0.3 is 4.90 Å². The second-order valence-corrected chi connectivity index (χ2v) is 8.08. The number of amides is 1. The average Bonchev–Trinajstić information content (AvgIpc) is 3.17. The normalized spacial score (nSPS) is 12.9. The molecule has 0 saturated heterocycles. The summed E-state index contributed by atoms with van der Waals surface area (Å²) in [5.74, 6) is 0.0699. The summed E-state index contributed by atoms with van der Waals surface area (Å²) in [7, 11) is 0. The molecule has 0 unspecified atom stereocenters. The van der Waals surface area contributed by atoms with Crippen molar-refractivity contribution in [2.45, 2.75) is 54.1 Å². The van der Waals surface area contributed by atoms with Gasteiger partial charge >= 0.3 is 0 Å². The summed E-state index contributed by atoms with van der Waals surface area (Å²) in [6.45, 7) is 12.0. The van der Waals surface area contributed by atoms with E-state index in [1.807, 2.05) is 24.0 Å². The summed E-state index contributed by atoms with van der Waals surface area (Å²) < 4.78 is 0. The number of aryl methyl sites for hydroxylation is 2. The van der Waals surface area contributed by atoms with Crippen LogP contribution in [0, 0.1) is 27.7 Å². The van der Waals surface area contributed by atoms with Crippen molar-refractivity contribution < 1.29 is 4.79 Å². The van der Waals surface area contributed by atoms with Crippen molar-refractivity contribution in [1.29, 1.82) is 0 Å². The molecule has 0 spiro atoms. The zero-order valence-electron chi connectivity index (χ0n) is 18.0. The summed E-state index contributed by atoms with van der Waals surface area (Å²) in [6, 6.07) is 12.5. The van der Waals surface area contributed by atoms with Crippen molar-refractivity contribution in [1.82, 2.24) is 9.88 Å². The van der Waals surface area contributed by atoms with Crippen molar-refractivity contribution >= 4 is 5.91 Å². The van der Waals surface area contributed by atoms with Crippen LogP contribution in [0.15, 0.2) is 42.6 Å². The Balaban J connectivity index is 1.79. The molecule has 0 radical (unpaired) electrons. The van der Waals surface area contributed by atoms with E-state index in [-0.39, 0.29) is 5.91 Å². The maximum Gasteiger partial charge on any atom is 0.256 e. The minimum Gasteiger partial charge on any atom is -0.330 e. The molecule has 3 heteroatoms. The first-order valence-corrected chi connectivity index (χ1v) is 10.3. The van der Waals surface area contributed by atoms with E-state index < -0.39 is 0 Å². The van der Waals surface area contributed by atoms with E-state index in [9.17, 15) is 4.79 Å². The predicted octanol–water partition coefficient (Wildman–Crippen LogP) is 5.70. The second kappa shape index (κ2) is 7.47. The number of rotatable bonds is 3. The minimum absolute atomic E-state index is 0.0699. The van der Waals surface area contributed by atoms with Crippen LogP contribution >= 0.6 is 0 Å². The van der Waals surface area contributed by atoms with Crippen LogP contribution in [0.4, 0.5) is 0 Å². The molecule has 29 heavy (non-hydrogen) atoms. The van der Waals surface area contributed by atoms with E-state index in [0.717, 1.165) is 12.1 Å². The topological polar surface area (TPSA) is 33.2 Å². The highest BCUT2D eigenvalue weighted by Crippen LogP contribution is 2.39. The van der Waals surface area contributed by atoms with Gasteiger partial charge in [0.2, 0.25) is 0 Å². The van der Waals surface area contributed by atoms with Crippen molar-refractivity contribution in [3.8, 4) is 11.1 Å². The summed E-state index contributed by atoms with van der Waals surface area (Å²) in [4.78, 5) is 19.5. The second-order valence-electron chi connectivity index (χ2n) is 8.08. The van der Waals surface area contributed by atoms with Gasteiger partial charge in [0.25, 0.3) is 5.91 Å². The van der Waals surface area contributed by atoms with Crippen molar-refractivity contribution in [2.24, 2.45) is 0 Å². The first kappa shape index (κ1) is 19.4. The Morgan fingerprint density at radius 3 is 2.24 bits per heavy atom. The Morgan fingerprint density at radius 1 is 0.966 bits per heavy atom. The third-order valence-electron chi connectivity index (χ3n) is 6.32. The van der Waals surface area contributed by atoms with Crippen LogP contribution in [0.2, 0.25) is 0 Å². The Morgan fingerprint density at radius 2 is 1.62 bits per heavy atom. The molecule has 1 aliphatic heterocycles. The van der Waals surface area contributed by atoms with Gasteiger partial charge in [-0.2, -0.15) is 0 Å². The fraction of sp³-hybridized carbons (Fsp3) is 0.308. The van der Waals surface area contributed by atoms with Crippen LogP contribution in [0.1, 0.15) is 56.4 Å². The van der Waals surface area contributed by atoms with Gasteiger partial charge in [0, 0.05) is 25.0 Å². The lowest BCUT2D eigenvalue weighted by atomic mass is 9.84. The first-order valence-electron chi connectivity index (χ1n) is 10.3. The molecule has 0 fully saturated rings. The number of aromatic nitrogens is 1. The molecular weight excluding hydrogens is 356 g/mol. The van der Waals surface area contributed by atoms with E-state index in [1.165, 1.54) is 44.5 Å². The van der Waals surface area contributed by atoms with Crippen molar-refractivity contribution in [3.05, 3.63) is 87.2 Å². The van der Waals surface area contributed by atoms with Gasteiger partial charge in [-0.3, -0.25) is 9.78 Å². The van der Waals surface area contributed by atoms with Crippen molar-refractivity contribution in [2.75, 3.05) is 0 Å². The van der Waals surface area contributed by atoms with Gasteiger partial charge in [-0.25, -0.2) is 0 Å². The zero-order valence-corrected chi connectivity index (χ0v) is 18.0. The quantitative estimate of drug-likeness (QED) is 0.580. The molecule has 3 nitrogen and oxygen atoms in total. The average molecular weight is 385 g/mol. The highest BCUT2D eigenvalue weighted by Gasteiger charge is 2.30. The molecule has 0 bridgehead atoms. The Bertz CT molecular complexity index is 1100. The highest BCUT2D eigenvalue weighted by atomic mass is 16.2. The molecule has 0 N–H and O–H groups in total. The Hall–Kier alpha value is -2.94. The number of carbonyl (C=O) groups excluding carboxylic acids is 1. The molecule has 1 amide bonds. The van der Waals surface area contributed by atoms with E-state index in [4.69, 9.17) is 0 Å². The van der Waals surface area contributed by atoms with Crippen LogP contribution in [-0.4, -0.2) is 15.8 Å². The molecule has 148 valence electrons. The maximum absolute atomic E-state index is 13.2. The molecule has 2 aromatic carbocycles. The van der Waals surface area contributed by atoms with Crippen LogP contribution in [-0.2, 0) is 19.5 Å². The minimum atomic E-state index is 0.0699. The molecule has 0 aliphatic carbocycles. The van der Waals surface area contributed by atoms with E-state index in [0.29, 0.717) is 18.7 Å². The molecule has 2 heterocycles. The van der Waals surface area contributed by atoms with Gasteiger partial charge in [-0.1, -0.05) is 36.8 Å². The lowest BCUT2D eigenvalue weighted by Crippen LogP contribution is -2.26. The number of hydrogen-bond acceptors (Lipinski definition) is 2. The van der Waals surface area contributed by atoms with E-state index in [1.54, 1.807) is 6.20 Å². The first-order chi connectivity index (χ1) is 13.9.